The van der Waals surface area contributed by atoms with E-state index in [9.17, 15) is 9.59 Å². The van der Waals surface area contributed by atoms with Crippen LogP contribution in [-0.4, -0.2) is 53.8 Å². The van der Waals surface area contributed by atoms with E-state index in [-0.39, 0.29) is 23.8 Å². The first-order valence-corrected chi connectivity index (χ1v) is 9.50. The summed E-state index contributed by atoms with van der Waals surface area (Å²) < 4.78 is 0. The number of hydrogen-bond acceptors (Lipinski definition) is 3. The van der Waals surface area contributed by atoms with Crippen LogP contribution in [0.4, 0.5) is 0 Å². The van der Waals surface area contributed by atoms with Crippen molar-refractivity contribution >= 4 is 35.0 Å². The molecule has 0 saturated carbocycles. The second-order valence-corrected chi connectivity index (χ2v) is 7.70. The number of nitrogens with zero attached hydrogens (tertiary/aromatic N) is 2. The van der Waals surface area contributed by atoms with E-state index in [0.717, 1.165) is 38.8 Å². The van der Waals surface area contributed by atoms with Gasteiger partial charge in [-0.05, 0) is 43.9 Å². The molecular formula is C18H23Cl2N3O2. The van der Waals surface area contributed by atoms with Crippen molar-refractivity contribution in [3.05, 3.63) is 33.8 Å². The molecule has 5 nitrogen and oxygen atoms in total. The average Bonchev–Trinajstić information content (AvgIpc) is 2.63. The molecule has 0 aliphatic carbocycles. The molecule has 2 heterocycles. The fraction of sp³-hybridized carbons (Fsp3) is 0.556. The van der Waals surface area contributed by atoms with Crippen LogP contribution in [0.15, 0.2) is 18.2 Å². The quantitative estimate of drug-likeness (QED) is 0.853. The maximum absolute atomic E-state index is 12.8. The standard InChI is InChI=1S/C18H23Cl2N3O2/c19-15-4-3-12(10-16(15)20)17(24)23-7-1-2-13(11-23)18(25)22-8-5-14(21)6-9-22/h3-4,10,13-14H,1-2,5-9,11,21H2. The summed E-state index contributed by atoms with van der Waals surface area (Å²) in [5.41, 5.74) is 6.42. The van der Waals surface area contributed by atoms with Crippen molar-refractivity contribution in [2.75, 3.05) is 26.2 Å². The summed E-state index contributed by atoms with van der Waals surface area (Å²) in [6.45, 7) is 2.56. The summed E-state index contributed by atoms with van der Waals surface area (Å²) in [4.78, 5) is 29.2. The maximum Gasteiger partial charge on any atom is 0.253 e. The third-order valence-electron chi connectivity index (χ3n) is 5.08. The first kappa shape index (κ1) is 18.5. The zero-order chi connectivity index (χ0) is 18.0. The predicted octanol–water partition coefficient (Wildman–Crippen LogP) is 2.80. The molecule has 7 heteroatoms. The molecule has 3 rings (SSSR count). The lowest BCUT2D eigenvalue weighted by Gasteiger charge is -2.37. The van der Waals surface area contributed by atoms with Crippen molar-refractivity contribution in [2.24, 2.45) is 11.7 Å². The van der Waals surface area contributed by atoms with Crippen molar-refractivity contribution in [3.8, 4) is 0 Å². The number of carbonyl (C=O) groups excluding carboxylic acids is 2. The molecule has 1 unspecified atom stereocenters. The van der Waals surface area contributed by atoms with Gasteiger partial charge < -0.3 is 15.5 Å². The number of hydrogen-bond donors (Lipinski definition) is 1. The first-order chi connectivity index (χ1) is 12.0. The van der Waals surface area contributed by atoms with Gasteiger partial charge in [-0.2, -0.15) is 0 Å². The fourth-order valence-electron chi connectivity index (χ4n) is 3.55. The summed E-state index contributed by atoms with van der Waals surface area (Å²) in [7, 11) is 0. The van der Waals surface area contributed by atoms with Crippen molar-refractivity contribution < 1.29 is 9.59 Å². The van der Waals surface area contributed by atoms with Gasteiger partial charge in [-0.15, -0.1) is 0 Å². The predicted molar refractivity (Wildman–Crippen MR) is 98.9 cm³/mol. The summed E-state index contributed by atoms with van der Waals surface area (Å²) in [6.07, 6.45) is 3.36. The zero-order valence-corrected chi connectivity index (χ0v) is 15.6. The van der Waals surface area contributed by atoms with Crippen LogP contribution in [0.25, 0.3) is 0 Å². The minimum absolute atomic E-state index is 0.100. The summed E-state index contributed by atoms with van der Waals surface area (Å²) in [6, 6.07) is 5.08. The molecule has 1 aromatic carbocycles. The van der Waals surface area contributed by atoms with E-state index < -0.39 is 0 Å². The van der Waals surface area contributed by atoms with Gasteiger partial charge in [0.05, 0.1) is 16.0 Å². The lowest BCUT2D eigenvalue weighted by molar-refractivity contribution is -0.138. The number of amides is 2. The average molecular weight is 384 g/mol. The van der Waals surface area contributed by atoms with Crippen molar-refractivity contribution in [3.63, 3.8) is 0 Å². The monoisotopic (exact) mass is 383 g/mol. The first-order valence-electron chi connectivity index (χ1n) is 8.74. The summed E-state index contributed by atoms with van der Waals surface area (Å²) in [5, 5.41) is 0.787. The molecule has 0 bridgehead atoms. The number of benzene rings is 1. The molecule has 2 aliphatic rings. The smallest absolute Gasteiger partial charge is 0.253 e. The number of piperidine rings is 2. The molecule has 25 heavy (non-hydrogen) atoms. The Labute approximate surface area is 158 Å². The third kappa shape index (κ3) is 4.27. The summed E-state index contributed by atoms with van der Waals surface area (Å²) in [5.74, 6) is -0.0786. The molecule has 136 valence electrons. The van der Waals surface area contributed by atoms with Crippen LogP contribution in [0, 0.1) is 5.92 Å². The van der Waals surface area contributed by atoms with Gasteiger partial charge in [0.25, 0.3) is 5.91 Å². The van der Waals surface area contributed by atoms with Gasteiger partial charge in [-0.3, -0.25) is 9.59 Å². The van der Waals surface area contributed by atoms with Gasteiger partial charge in [-0.25, -0.2) is 0 Å². The Morgan fingerprint density at radius 1 is 1.00 bits per heavy atom. The van der Waals surface area contributed by atoms with Crippen LogP contribution in [-0.2, 0) is 4.79 Å². The van der Waals surface area contributed by atoms with Gasteiger partial charge in [0.1, 0.15) is 0 Å². The molecule has 1 aromatic rings. The second-order valence-electron chi connectivity index (χ2n) is 6.88. The van der Waals surface area contributed by atoms with Crippen LogP contribution in [0.1, 0.15) is 36.0 Å². The van der Waals surface area contributed by atoms with Gasteiger partial charge >= 0.3 is 0 Å². The van der Waals surface area contributed by atoms with Crippen LogP contribution < -0.4 is 5.73 Å². The van der Waals surface area contributed by atoms with E-state index >= 15 is 0 Å². The Kier molecular flexibility index (Phi) is 5.87. The molecule has 0 aromatic heterocycles. The maximum atomic E-state index is 12.8. The van der Waals surface area contributed by atoms with Gasteiger partial charge in [0, 0.05) is 37.8 Å². The Hall–Kier alpha value is -1.30. The van der Waals surface area contributed by atoms with Gasteiger partial charge in [0.15, 0.2) is 0 Å². The fourth-order valence-corrected chi connectivity index (χ4v) is 3.85. The molecule has 2 aliphatic heterocycles. The second kappa shape index (κ2) is 7.94. The molecule has 0 radical (unpaired) electrons. The van der Waals surface area contributed by atoms with E-state index in [1.165, 1.54) is 0 Å². The third-order valence-corrected chi connectivity index (χ3v) is 5.81. The highest BCUT2D eigenvalue weighted by Gasteiger charge is 2.32. The highest BCUT2D eigenvalue weighted by Crippen LogP contribution is 2.26. The topological polar surface area (TPSA) is 66.6 Å². The van der Waals surface area contributed by atoms with E-state index in [2.05, 4.69) is 0 Å². The molecule has 0 spiro atoms. The number of likely N-dealkylation sites (tertiary alicyclic amines) is 2. The van der Waals surface area contributed by atoms with E-state index in [0.29, 0.717) is 28.7 Å². The molecule has 2 saturated heterocycles. The molecule has 2 amide bonds. The Morgan fingerprint density at radius 3 is 2.40 bits per heavy atom. The normalized spacial score (nSPS) is 22.1. The van der Waals surface area contributed by atoms with E-state index in [1.54, 1.807) is 23.1 Å². The van der Waals surface area contributed by atoms with Crippen LogP contribution >= 0.6 is 23.2 Å². The van der Waals surface area contributed by atoms with Gasteiger partial charge in [-0.1, -0.05) is 23.2 Å². The number of carbonyl (C=O) groups is 2. The molecule has 1 atom stereocenters. The van der Waals surface area contributed by atoms with Crippen molar-refractivity contribution in [1.29, 1.82) is 0 Å². The van der Waals surface area contributed by atoms with Crippen LogP contribution in [0.3, 0.4) is 0 Å². The minimum atomic E-state index is -0.130. The largest absolute Gasteiger partial charge is 0.342 e. The lowest BCUT2D eigenvalue weighted by Crippen LogP contribution is -2.50. The molecule has 2 fully saturated rings. The highest BCUT2D eigenvalue weighted by molar-refractivity contribution is 6.42. The molecule has 2 N–H and O–H groups in total. The van der Waals surface area contributed by atoms with Crippen molar-refractivity contribution in [2.45, 2.75) is 31.7 Å². The Bertz CT molecular complexity index is 660. The molecular weight excluding hydrogens is 361 g/mol. The Balaban J connectivity index is 1.65. The Morgan fingerprint density at radius 2 is 1.72 bits per heavy atom. The van der Waals surface area contributed by atoms with Crippen molar-refractivity contribution in [1.82, 2.24) is 9.80 Å². The van der Waals surface area contributed by atoms with Gasteiger partial charge in [0.2, 0.25) is 5.91 Å². The minimum Gasteiger partial charge on any atom is -0.342 e. The van der Waals surface area contributed by atoms with Crippen LogP contribution in [0.5, 0.6) is 0 Å². The van der Waals surface area contributed by atoms with E-state index in [4.69, 9.17) is 28.9 Å². The zero-order valence-electron chi connectivity index (χ0n) is 14.1. The lowest BCUT2D eigenvalue weighted by atomic mass is 9.94. The van der Waals surface area contributed by atoms with E-state index in [1.807, 2.05) is 4.90 Å². The summed E-state index contributed by atoms with van der Waals surface area (Å²) >= 11 is 11.9. The number of nitrogens with two attached hydrogens (primary N) is 1. The highest BCUT2D eigenvalue weighted by atomic mass is 35.5. The number of halogens is 2. The SMILES string of the molecule is NC1CCN(C(=O)C2CCCN(C(=O)c3ccc(Cl)c(Cl)c3)C2)CC1. The van der Waals surface area contributed by atoms with Crippen LogP contribution in [0.2, 0.25) is 10.0 Å². The number of rotatable bonds is 2.